The molecule has 2 aliphatic heterocycles. The van der Waals surface area contributed by atoms with Crippen molar-refractivity contribution in [2.24, 2.45) is 0 Å². The molecule has 0 aromatic carbocycles. The van der Waals surface area contributed by atoms with E-state index in [1.807, 2.05) is 0 Å². The molecule has 2 rings (SSSR count). The minimum Gasteiger partial charge on any atom is -0.512 e. The Balaban J connectivity index is 2.13. The fourth-order valence-corrected chi connectivity index (χ4v) is 2.96. The van der Waals surface area contributed by atoms with Gasteiger partial charge >= 0.3 is 6.03 Å². The standard InChI is InChI=1S/C7H10N2O2S/c1-3(10)6-5-4(2-12-6)8-7(11)9-5/h4-6,10H,1-2H2,(H2,8,9,11)/t4-,5-,6-/m0/s1. The molecule has 5 heteroatoms. The Morgan fingerprint density at radius 2 is 2.42 bits per heavy atom. The molecule has 0 spiro atoms. The third kappa shape index (κ3) is 1.04. The van der Waals surface area contributed by atoms with E-state index >= 15 is 0 Å². The monoisotopic (exact) mass is 186 g/mol. The summed E-state index contributed by atoms with van der Waals surface area (Å²) in [4.78, 5) is 10.9. The average molecular weight is 186 g/mol. The van der Waals surface area contributed by atoms with Crippen LogP contribution in [0.1, 0.15) is 0 Å². The molecule has 0 aromatic rings. The lowest BCUT2D eigenvalue weighted by Gasteiger charge is -2.14. The van der Waals surface area contributed by atoms with Crippen molar-refractivity contribution < 1.29 is 9.90 Å². The van der Waals surface area contributed by atoms with Crippen molar-refractivity contribution in [1.82, 2.24) is 10.6 Å². The van der Waals surface area contributed by atoms with Crippen molar-refractivity contribution >= 4 is 17.8 Å². The number of aliphatic hydroxyl groups excluding tert-OH is 1. The molecule has 4 nitrogen and oxygen atoms in total. The lowest BCUT2D eigenvalue weighted by atomic mass is 10.1. The van der Waals surface area contributed by atoms with Gasteiger partial charge < -0.3 is 15.7 Å². The summed E-state index contributed by atoms with van der Waals surface area (Å²) < 4.78 is 0. The van der Waals surface area contributed by atoms with Crippen molar-refractivity contribution in [1.29, 1.82) is 0 Å². The number of nitrogens with one attached hydrogen (secondary N) is 2. The number of rotatable bonds is 1. The number of carbonyl (C=O) groups excluding carboxylic acids is 1. The van der Waals surface area contributed by atoms with Crippen LogP contribution in [0.4, 0.5) is 4.79 Å². The maximum Gasteiger partial charge on any atom is 0.315 e. The van der Waals surface area contributed by atoms with Crippen LogP contribution in [-0.2, 0) is 0 Å². The molecule has 12 heavy (non-hydrogen) atoms. The second-order valence-corrected chi connectivity index (χ2v) is 4.17. The lowest BCUT2D eigenvalue weighted by molar-refractivity contribution is 0.247. The average Bonchev–Trinajstić information content (AvgIpc) is 2.43. The Labute approximate surface area is 74.4 Å². The molecule has 2 aliphatic rings. The molecule has 2 saturated heterocycles. The number of urea groups is 1. The van der Waals surface area contributed by atoms with E-state index in [0.717, 1.165) is 5.75 Å². The minimum atomic E-state index is -0.142. The first-order valence-corrected chi connectivity index (χ1v) is 4.80. The van der Waals surface area contributed by atoms with Crippen LogP contribution in [0.2, 0.25) is 0 Å². The Bertz CT molecular complexity index is 244. The molecule has 66 valence electrons. The third-order valence-electron chi connectivity index (χ3n) is 2.16. The summed E-state index contributed by atoms with van der Waals surface area (Å²) in [5.41, 5.74) is 0. The first-order valence-electron chi connectivity index (χ1n) is 3.75. The van der Waals surface area contributed by atoms with Gasteiger partial charge in [-0.3, -0.25) is 0 Å². The van der Waals surface area contributed by atoms with Gasteiger partial charge in [0.1, 0.15) is 5.76 Å². The van der Waals surface area contributed by atoms with Gasteiger partial charge in [-0.05, 0) is 0 Å². The molecule has 2 heterocycles. The van der Waals surface area contributed by atoms with E-state index in [9.17, 15) is 9.90 Å². The van der Waals surface area contributed by atoms with Crippen molar-refractivity contribution in [3.8, 4) is 0 Å². The fraction of sp³-hybridized carbons (Fsp3) is 0.571. The Hall–Kier alpha value is -0.840. The number of amides is 2. The van der Waals surface area contributed by atoms with Crippen LogP contribution in [0.15, 0.2) is 12.3 Å². The van der Waals surface area contributed by atoms with Crippen LogP contribution in [0.3, 0.4) is 0 Å². The summed E-state index contributed by atoms with van der Waals surface area (Å²) in [5, 5.41) is 14.7. The molecular formula is C7H10N2O2S. The van der Waals surface area contributed by atoms with Gasteiger partial charge in [-0.1, -0.05) is 6.58 Å². The summed E-state index contributed by atoms with van der Waals surface area (Å²) >= 11 is 1.62. The number of hydrogen-bond acceptors (Lipinski definition) is 3. The van der Waals surface area contributed by atoms with E-state index in [1.165, 1.54) is 0 Å². The van der Waals surface area contributed by atoms with Gasteiger partial charge in [-0.2, -0.15) is 0 Å². The summed E-state index contributed by atoms with van der Waals surface area (Å²) in [6, 6.07) is 0.0212. The summed E-state index contributed by atoms with van der Waals surface area (Å²) in [5.74, 6) is 0.990. The highest BCUT2D eigenvalue weighted by atomic mass is 32.2. The van der Waals surface area contributed by atoms with E-state index in [2.05, 4.69) is 17.2 Å². The first-order chi connectivity index (χ1) is 5.68. The summed E-state index contributed by atoms with van der Waals surface area (Å²) in [6.45, 7) is 3.48. The predicted molar refractivity (Wildman–Crippen MR) is 47.3 cm³/mol. The van der Waals surface area contributed by atoms with Crippen molar-refractivity contribution in [2.45, 2.75) is 17.3 Å². The van der Waals surface area contributed by atoms with Crippen LogP contribution >= 0.6 is 11.8 Å². The summed E-state index contributed by atoms with van der Waals surface area (Å²) in [7, 11) is 0. The smallest absolute Gasteiger partial charge is 0.315 e. The number of thioether (sulfide) groups is 1. The van der Waals surface area contributed by atoms with E-state index in [1.54, 1.807) is 11.8 Å². The zero-order valence-corrected chi connectivity index (χ0v) is 7.23. The Morgan fingerprint density at radius 3 is 3.08 bits per heavy atom. The molecule has 0 unspecified atom stereocenters. The van der Waals surface area contributed by atoms with Crippen LogP contribution in [0.5, 0.6) is 0 Å². The van der Waals surface area contributed by atoms with Gasteiger partial charge in [0.05, 0.1) is 17.3 Å². The largest absolute Gasteiger partial charge is 0.512 e. The second-order valence-electron chi connectivity index (χ2n) is 3.00. The van der Waals surface area contributed by atoms with E-state index in [-0.39, 0.29) is 29.1 Å². The van der Waals surface area contributed by atoms with E-state index in [0.29, 0.717) is 0 Å². The molecule has 0 aliphatic carbocycles. The fourth-order valence-electron chi connectivity index (χ4n) is 1.60. The molecule has 3 N–H and O–H groups in total. The number of carbonyl (C=O) groups is 1. The highest BCUT2D eigenvalue weighted by Crippen LogP contribution is 2.32. The van der Waals surface area contributed by atoms with Gasteiger partial charge in [0, 0.05) is 5.75 Å². The number of hydrogen-bond donors (Lipinski definition) is 3. The molecule has 0 radical (unpaired) electrons. The molecule has 0 saturated carbocycles. The molecular weight excluding hydrogens is 176 g/mol. The second kappa shape index (κ2) is 2.58. The summed E-state index contributed by atoms with van der Waals surface area (Å²) in [6.07, 6.45) is 0. The van der Waals surface area contributed by atoms with Gasteiger partial charge in [0.2, 0.25) is 0 Å². The molecule has 0 aromatic heterocycles. The lowest BCUT2D eigenvalue weighted by Crippen LogP contribution is -2.37. The zero-order valence-electron chi connectivity index (χ0n) is 6.41. The SMILES string of the molecule is C=C(O)[C@@H]1SC[C@@H]2NC(=O)N[C@@H]21. The van der Waals surface area contributed by atoms with Crippen molar-refractivity contribution in [3.05, 3.63) is 12.3 Å². The van der Waals surface area contributed by atoms with E-state index < -0.39 is 0 Å². The maximum atomic E-state index is 10.9. The van der Waals surface area contributed by atoms with E-state index in [4.69, 9.17) is 0 Å². The number of aliphatic hydroxyl groups is 1. The number of fused-ring (bicyclic) bond motifs is 1. The predicted octanol–water partition coefficient (Wildman–Crippen LogP) is 0.223. The van der Waals surface area contributed by atoms with Gasteiger partial charge in [-0.25, -0.2) is 4.79 Å². The molecule has 0 bridgehead atoms. The molecule has 2 fully saturated rings. The first kappa shape index (κ1) is 7.79. The van der Waals surface area contributed by atoms with Crippen molar-refractivity contribution in [3.63, 3.8) is 0 Å². The zero-order chi connectivity index (χ0) is 8.72. The highest BCUT2D eigenvalue weighted by Gasteiger charge is 2.44. The highest BCUT2D eigenvalue weighted by molar-refractivity contribution is 8.00. The van der Waals surface area contributed by atoms with Crippen LogP contribution in [0, 0.1) is 0 Å². The van der Waals surface area contributed by atoms with Crippen LogP contribution < -0.4 is 10.6 Å². The molecule has 3 atom stereocenters. The van der Waals surface area contributed by atoms with Crippen LogP contribution in [0.25, 0.3) is 0 Å². The van der Waals surface area contributed by atoms with Gasteiger partial charge in [0.15, 0.2) is 0 Å². The normalized spacial score (nSPS) is 38.7. The maximum absolute atomic E-state index is 10.9. The Morgan fingerprint density at radius 1 is 1.67 bits per heavy atom. The van der Waals surface area contributed by atoms with Crippen LogP contribution in [-0.4, -0.2) is 34.2 Å². The molecule has 2 amide bonds. The van der Waals surface area contributed by atoms with Crippen molar-refractivity contribution in [2.75, 3.05) is 5.75 Å². The van der Waals surface area contributed by atoms with Gasteiger partial charge in [0.25, 0.3) is 0 Å². The Kier molecular flexibility index (Phi) is 1.68. The quantitative estimate of drug-likeness (QED) is 0.405. The third-order valence-corrected chi connectivity index (χ3v) is 3.63. The minimum absolute atomic E-state index is 0.0139. The topological polar surface area (TPSA) is 61.4 Å². The van der Waals surface area contributed by atoms with Gasteiger partial charge in [-0.15, -0.1) is 11.8 Å².